The fourth-order valence-electron chi connectivity index (χ4n) is 3.46. The molecule has 0 amide bonds. The van der Waals surface area contributed by atoms with Crippen molar-refractivity contribution in [2.24, 2.45) is 5.92 Å². The van der Waals surface area contributed by atoms with Gasteiger partial charge in [0.1, 0.15) is 0 Å². The van der Waals surface area contributed by atoms with Crippen molar-refractivity contribution < 1.29 is 14.3 Å². The van der Waals surface area contributed by atoms with Crippen molar-refractivity contribution in [1.82, 2.24) is 0 Å². The number of carbonyl (C=O) groups excluding carboxylic acids is 2. The number of ether oxygens (including phenoxy) is 1. The van der Waals surface area contributed by atoms with E-state index in [0.29, 0.717) is 18.9 Å². The van der Waals surface area contributed by atoms with Crippen LogP contribution in [-0.4, -0.2) is 18.4 Å². The molecule has 1 unspecified atom stereocenters. The molecule has 29 heavy (non-hydrogen) atoms. The number of allylic oxidation sites excluding steroid dienone is 2. The highest BCUT2D eigenvalue weighted by Crippen LogP contribution is 2.14. The van der Waals surface area contributed by atoms with Gasteiger partial charge in [-0.15, -0.1) is 0 Å². The van der Waals surface area contributed by atoms with Crippen LogP contribution in [0.15, 0.2) is 11.6 Å². The third-order valence-corrected chi connectivity index (χ3v) is 5.54. The maximum absolute atomic E-state index is 11.9. The van der Waals surface area contributed by atoms with Crippen molar-refractivity contribution >= 4 is 11.8 Å². The Hall–Kier alpha value is -1.12. The predicted molar refractivity (Wildman–Crippen MR) is 124 cm³/mol. The summed E-state index contributed by atoms with van der Waals surface area (Å²) in [5.74, 6) is -0.483. The molecule has 0 aromatic heterocycles. The number of Topliss-reactive ketones (excluding diaryl/α,β-unsaturated/α-hetero) is 1. The molecule has 0 saturated heterocycles. The number of unbranched alkanes of at least 4 members (excludes halogenated alkanes) is 11. The second-order valence-electron chi connectivity index (χ2n) is 8.95. The molecular weight excluding hydrogens is 360 g/mol. The van der Waals surface area contributed by atoms with Crippen LogP contribution in [-0.2, 0) is 14.3 Å². The first-order valence-corrected chi connectivity index (χ1v) is 12.3. The van der Waals surface area contributed by atoms with E-state index in [1.165, 1.54) is 69.8 Å². The predicted octanol–water partition coefficient (Wildman–Crippen LogP) is 7.96. The normalized spacial score (nSPS) is 11.9. The molecule has 0 spiro atoms. The molecule has 1 atom stereocenters. The van der Waals surface area contributed by atoms with Crippen molar-refractivity contribution in [2.75, 3.05) is 6.61 Å². The maximum Gasteiger partial charge on any atom is 0.374 e. The third kappa shape index (κ3) is 19.9. The summed E-state index contributed by atoms with van der Waals surface area (Å²) < 4.78 is 5.16. The summed E-state index contributed by atoms with van der Waals surface area (Å²) in [6.45, 7) is 9.00. The molecule has 0 aliphatic rings. The van der Waals surface area contributed by atoms with Gasteiger partial charge in [0.05, 0.1) is 6.61 Å². The van der Waals surface area contributed by atoms with Gasteiger partial charge in [-0.3, -0.25) is 4.79 Å². The van der Waals surface area contributed by atoms with Gasteiger partial charge in [-0.25, -0.2) is 4.79 Å². The molecule has 0 aliphatic carbocycles. The van der Waals surface area contributed by atoms with Gasteiger partial charge in [0.2, 0.25) is 5.78 Å². The van der Waals surface area contributed by atoms with Crippen molar-refractivity contribution in [3.8, 4) is 0 Å². The van der Waals surface area contributed by atoms with Crippen LogP contribution >= 0.6 is 0 Å². The van der Waals surface area contributed by atoms with Gasteiger partial charge in [0.15, 0.2) is 0 Å². The Morgan fingerprint density at radius 1 is 0.793 bits per heavy atom. The summed E-state index contributed by atoms with van der Waals surface area (Å²) in [6.07, 6.45) is 20.7. The molecule has 0 fully saturated rings. The maximum atomic E-state index is 11.9. The van der Waals surface area contributed by atoms with Crippen LogP contribution in [0, 0.1) is 5.92 Å². The molecule has 3 nitrogen and oxygen atoms in total. The summed E-state index contributed by atoms with van der Waals surface area (Å²) in [5, 5.41) is 0. The first-order chi connectivity index (χ1) is 14.0. The molecule has 0 rings (SSSR count). The van der Waals surface area contributed by atoms with Crippen molar-refractivity contribution in [3.05, 3.63) is 11.6 Å². The SMILES string of the molecule is CCCCCCCCCCCCCCC(=O)C(=O)OCCC(C)CCC=C(C)C. The highest BCUT2D eigenvalue weighted by molar-refractivity contribution is 6.33. The van der Waals surface area contributed by atoms with E-state index < -0.39 is 5.97 Å². The van der Waals surface area contributed by atoms with Crippen molar-refractivity contribution in [3.63, 3.8) is 0 Å². The van der Waals surface area contributed by atoms with Crippen LogP contribution in [0.2, 0.25) is 0 Å². The van der Waals surface area contributed by atoms with E-state index in [2.05, 4.69) is 33.8 Å². The lowest BCUT2D eigenvalue weighted by molar-refractivity contribution is -0.154. The lowest BCUT2D eigenvalue weighted by Crippen LogP contribution is -2.18. The molecule has 0 aromatic rings. The van der Waals surface area contributed by atoms with Crippen LogP contribution in [0.1, 0.15) is 130 Å². The summed E-state index contributed by atoms with van der Waals surface area (Å²) >= 11 is 0. The van der Waals surface area contributed by atoms with Crippen LogP contribution in [0.5, 0.6) is 0 Å². The zero-order valence-corrected chi connectivity index (χ0v) is 19.9. The van der Waals surface area contributed by atoms with Gasteiger partial charge in [-0.05, 0) is 45.4 Å². The fourth-order valence-corrected chi connectivity index (χ4v) is 3.46. The van der Waals surface area contributed by atoms with E-state index >= 15 is 0 Å². The number of esters is 1. The van der Waals surface area contributed by atoms with E-state index in [0.717, 1.165) is 32.1 Å². The molecule has 0 saturated carbocycles. The Morgan fingerprint density at radius 2 is 1.31 bits per heavy atom. The fraction of sp³-hybridized carbons (Fsp3) is 0.846. The average molecular weight is 409 g/mol. The summed E-state index contributed by atoms with van der Waals surface area (Å²) in [4.78, 5) is 23.6. The van der Waals surface area contributed by atoms with Crippen molar-refractivity contribution in [1.29, 1.82) is 0 Å². The van der Waals surface area contributed by atoms with Gasteiger partial charge in [0, 0.05) is 6.42 Å². The Balaban J connectivity index is 3.49. The second kappa shape index (κ2) is 20.2. The molecule has 0 N–H and O–H groups in total. The van der Waals surface area contributed by atoms with Crippen LogP contribution < -0.4 is 0 Å². The molecular formula is C26H48O3. The number of hydrogen-bond acceptors (Lipinski definition) is 3. The van der Waals surface area contributed by atoms with Crippen molar-refractivity contribution in [2.45, 2.75) is 130 Å². The van der Waals surface area contributed by atoms with E-state index in [1.807, 2.05) is 0 Å². The first-order valence-electron chi connectivity index (χ1n) is 12.3. The van der Waals surface area contributed by atoms with Crippen LogP contribution in [0.4, 0.5) is 0 Å². The van der Waals surface area contributed by atoms with Gasteiger partial charge >= 0.3 is 5.97 Å². The summed E-state index contributed by atoms with van der Waals surface area (Å²) in [6, 6.07) is 0. The highest BCUT2D eigenvalue weighted by Gasteiger charge is 2.15. The molecule has 0 aromatic carbocycles. The van der Waals surface area contributed by atoms with E-state index in [9.17, 15) is 9.59 Å². The summed E-state index contributed by atoms with van der Waals surface area (Å²) in [7, 11) is 0. The quantitative estimate of drug-likeness (QED) is 0.0888. The van der Waals surface area contributed by atoms with Gasteiger partial charge in [-0.2, -0.15) is 0 Å². The number of ketones is 1. The zero-order valence-electron chi connectivity index (χ0n) is 19.9. The molecule has 0 aliphatic heterocycles. The number of hydrogen-bond donors (Lipinski definition) is 0. The number of rotatable bonds is 20. The van der Waals surface area contributed by atoms with Gasteiger partial charge in [0.25, 0.3) is 0 Å². The zero-order chi connectivity index (χ0) is 21.7. The Bertz CT molecular complexity index is 435. The van der Waals surface area contributed by atoms with Gasteiger partial charge in [-0.1, -0.05) is 96.1 Å². The second-order valence-corrected chi connectivity index (χ2v) is 8.95. The minimum atomic E-state index is -0.635. The van der Waals surface area contributed by atoms with E-state index in [-0.39, 0.29) is 5.78 Å². The molecule has 0 radical (unpaired) electrons. The molecule has 0 bridgehead atoms. The van der Waals surface area contributed by atoms with Crippen LogP contribution in [0.25, 0.3) is 0 Å². The molecule has 170 valence electrons. The van der Waals surface area contributed by atoms with Gasteiger partial charge < -0.3 is 4.74 Å². The Labute approximate surface area is 181 Å². The monoisotopic (exact) mass is 408 g/mol. The Kier molecular flexibility index (Phi) is 19.4. The first kappa shape index (κ1) is 27.9. The summed E-state index contributed by atoms with van der Waals surface area (Å²) in [5.41, 5.74) is 1.34. The minimum absolute atomic E-state index is 0.340. The third-order valence-electron chi connectivity index (χ3n) is 5.54. The molecule has 3 heteroatoms. The molecule has 0 heterocycles. The lowest BCUT2D eigenvalue weighted by Gasteiger charge is -2.10. The van der Waals surface area contributed by atoms with E-state index in [4.69, 9.17) is 4.74 Å². The highest BCUT2D eigenvalue weighted by atomic mass is 16.5. The largest absolute Gasteiger partial charge is 0.460 e. The number of carbonyl (C=O) groups is 2. The lowest BCUT2D eigenvalue weighted by atomic mass is 10.0. The Morgan fingerprint density at radius 3 is 1.83 bits per heavy atom. The minimum Gasteiger partial charge on any atom is -0.460 e. The van der Waals surface area contributed by atoms with E-state index in [1.54, 1.807) is 0 Å². The standard InChI is InChI=1S/C26H48O3/c1-5-6-7-8-9-10-11-12-13-14-15-16-20-25(27)26(28)29-22-21-24(4)19-17-18-23(2)3/h18,24H,5-17,19-22H2,1-4H3. The topological polar surface area (TPSA) is 43.4 Å². The van der Waals surface area contributed by atoms with Crippen LogP contribution in [0.3, 0.4) is 0 Å². The average Bonchev–Trinajstić information content (AvgIpc) is 2.68. The smallest absolute Gasteiger partial charge is 0.374 e.